The van der Waals surface area contributed by atoms with Crippen LogP contribution in [0.5, 0.6) is 0 Å². The minimum Gasteiger partial charge on any atom is -0.475 e. The fraction of sp³-hybridized carbons (Fsp3) is 0.417. The zero-order valence-corrected chi connectivity index (χ0v) is 18.2. The third-order valence-electron chi connectivity index (χ3n) is 5.13. The summed E-state index contributed by atoms with van der Waals surface area (Å²) in [5.41, 5.74) is 3.07. The predicted molar refractivity (Wildman–Crippen MR) is 118 cm³/mol. The van der Waals surface area contributed by atoms with Crippen LogP contribution < -0.4 is 5.32 Å². The van der Waals surface area contributed by atoms with E-state index in [1.54, 1.807) is 0 Å². The van der Waals surface area contributed by atoms with Gasteiger partial charge in [0.15, 0.2) is 0 Å². The number of hydrogen-bond acceptors (Lipinski definition) is 4. The van der Waals surface area contributed by atoms with Crippen molar-refractivity contribution >= 4 is 11.9 Å². The first-order valence-electron chi connectivity index (χ1n) is 10.8. The molecule has 6 nitrogen and oxygen atoms in total. The summed E-state index contributed by atoms with van der Waals surface area (Å²) in [4.78, 5) is 23.4. The van der Waals surface area contributed by atoms with E-state index >= 15 is 0 Å². The molecule has 1 saturated heterocycles. The molecule has 1 unspecified atom stereocenters. The maximum absolute atomic E-state index is 12.3. The molecule has 33 heavy (non-hydrogen) atoms. The fourth-order valence-electron chi connectivity index (χ4n) is 3.42. The van der Waals surface area contributed by atoms with E-state index in [9.17, 15) is 23.1 Å². The summed E-state index contributed by atoms with van der Waals surface area (Å²) in [5, 5.41) is 20.1. The number of likely N-dealkylation sites (tertiary alicyclic amines) is 1. The monoisotopic (exact) mass is 466 g/mol. The number of amides is 1. The molecular formula is C24H29F3N2O4. The lowest BCUT2D eigenvalue weighted by Crippen LogP contribution is -2.42. The molecule has 2 aromatic rings. The number of nitrogens with zero attached hydrogens (tertiary/aromatic N) is 1. The molecule has 0 aliphatic carbocycles. The number of carbonyl (C=O) groups excluding carboxylic acids is 1. The lowest BCUT2D eigenvalue weighted by molar-refractivity contribution is -0.192. The molecule has 1 heterocycles. The Morgan fingerprint density at radius 2 is 1.48 bits per heavy atom. The van der Waals surface area contributed by atoms with Crippen molar-refractivity contribution in [3.8, 4) is 0 Å². The number of rotatable bonds is 7. The van der Waals surface area contributed by atoms with E-state index in [0.717, 1.165) is 19.5 Å². The van der Waals surface area contributed by atoms with Gasteiger partial charge in [-0.25, -0.2) is 4.79 Å². The van der Waals surface area contributed by atoms with Gasteiger partial charge in [-0.1, -0.05) is 48.9 Å². The van der Waals surface area contributed by atoms with Crippen molar-refractivity contribution in [3.05, 3.63) is 71.3 Å². The van der Waals surface area contributed by atoms with E-state index in [0.29, 0.717) is 18.7 Å². The van der Waals surface area contributed by atoms with E-state index in [4.69, 9.17) is 9.90 Å². The van der Waals surface area contributed by atoms with Crippen molar-refractivity contribution in [2.45, 2.75) is 38.0 Å². The smallest absolute Gasteiger partial charge is 0.475 e. The number of benzene rings is 2. The van der Waals surface area contributed by atoms with Crippen molar-refractivity contribution < 1.29 is 33.0 Å². The minimum atomic E-state index is -5.08. The number of aliphatic carboxylic acids is 1. The van der Waals surface area contributed by atoms with Gasteiger partial charge in [-0.15, -0.1) is 0 Å². The van der Waals surface area contributed by atoms with Gasteiger partial charge in [0.05, 0.1) is 6.10 Å². The molecule has 1 fully saturated rings. The first kappa shape index (κ1) is 26.3. The highest BCUT2D eigenvalue weighted by Crippen LogP contribution is 2.13. The molecule has 1 atom stereocenters. The largest absolute Gasteiger partial charge is 0.490 e. The highest BCUT2D eigenvalue weighted by Gasteiger charge is 2.38. The van der Waals surface area contributed by atoms with Crippen molar-refractivity contribution in [3.63, 3.8) is 0 Å². The van der Waals surface area contributed by atoms with E-state index in [-0.39, 0.29) is 5.91 Å². The summed E-state index contributed by atoms with van der Waals surface area (Å²) in [5.74, 6) is -2.89. The molecule has 2 aromatic carbocycles. The van der Waals surface area contributed by atoms with Crippen LogP contribution >= 0.6 is 0 Å². The molecule has 0 aromatic heterocycles. The van der Waals surface area contributed by atoms with Gasteiger partial charge in [-0.3, -0.25) is 4.79 Å². The quantitative estimate of drug-likeness (QED) is 0.581. The number of carbonyl (C=O) groups is 2. The lowest BCUT2D eigenvalue weighted by atomic mass is 10.0. The van der Waals surface area contributed by atoms with Crippen LogP contribution in [0.2, 0.25) is 0 Å². The Morgan fingerprint density at radius 3 is 2.03 bits per heavy atom. The number of piperidine rings is 1. The van der Waals surface area contributed by atoms with Crippen molar-refractivity contribution in [2.75, 3.05) is 26.2 Å². The average molecular weight is 466 g/mol. The number of halogens is 3. The molecule has 3 rings (SSSR count). The van der Waals surface area contributed by atoms with Crippen LogP contribution in [0.3, 0.4) is 0 Å². The summed E-state index contributed by atoms with van der Waals surface area (Å²) in [7, 11) is 0. The number of aliphatic hydroxyl groups is 1. The second-order valence-electron chi connectivity index (χ2n) is 7.89. The van der Waals surface area contributed by atoms with E-state index in [1.807, 2.05) is 42.5 Å². The Morgan fingerprint density at radius 1 is 0.939 bits per heavy atom. The first-order valence-corrected chi connectivity index (χ1v) is 10.8. The van der Waals surface area contributed by atoms with Crippen LogP contribution in [-0.4, -0.2) is 65.4 Å². The van der Waals surface area contributed by atoms with Gasteiger partial charge < -0.3 is 20.4 Å². The molecule has 180 valence electrons. The topological polar surface area (TPSA) is 89.9 Å². The van der Waals surface area contributed by atoms with Crippen LogP contribution in [-0.2, 0) is 11.2 Å². The van der Waals surface area contributed by atoms with Crippen LogP contribution in [0.15, 0.2) is 54.6 Å². The Bertz CT molecular complexity index is 868. The molecule has 1 amide bonds. The van der Waals surface area contributed by atoms with Crippen LogP contribution in [0.25, 0.3) is 0 Å². The van der Waals surface area contributed by atoms with E-state index < -0.39 is 18.2 Å². The molecule has 9 heteroatoms. The number of carboxylic acid groups (broad SMARTS) is 1. The summed E-state index contributed by atoms with van der Waals surface area (Å²) in [6.45, 7) is 3.03. The zero-order valence-electron chi connectivity index (χ0n) is 18.2. The molecular weight excluding hydrogens is 437 g/mol. The minimum absolute atomic E-state index is 0.131. The second-order valence-corrected chi connectivity index (χ2v) is 7.89. The molecule has 0 bridgehead atoms. The maximum Gasteiger partial charge on any atom is 0.490 e. The van der Waals surface area contributed by atoms with Gasteiger partial charge in [-0.05, 0) is 55.6 Å². The van der Waals surface area contributed by atoms with Crippen LogP contribution in [0, 0.1) is 0 Å². The number of nitrogens with one attached hydrogen (secondary N) is 1. The van der Waals surface area contributed by atoms with Gasteiger partial charge in [0.2, 0.25) is 0 Å². The molecule has 0 spiro atoms. The molecule has 0 radical (unpaired) electrons. The molecule has 1 aliphatic heterocycles. The Kier molecular flexibility index (Phi) is 10.3. The van der Waals surface area contributed by atoms with Gasteiger partial charge >= 0.3 is 12.1 Å². The first-order chi connectivity index (χ1) is 15.6. The predicted octanol–water partition coefficient (Wildman–Crippen LogP) is 3.49. The number of alkyl halides is 3. The molecule has 1 aliphatic rings. The van der Waals surface area contributed by atoms with Gasteiger partial charge in [-0.2, -0.15) is 13.2 Å². The summed E-state index contributed by atoms with van der Waals surface area (Å²) in [6.07, 6.45) is -1.06. The third-order valence-corrected chi connectivity index (χ3v) is 5.13. The number of aliphatic hydroxyl groups excluding tert-OH is 1. The van der Waals surface area contributed by atoms with E-state index in [1.165, 1.54) is 30.4 Å². The summed E-state index contributed by atoms with van der Waals surface area (Å²) in [6, 6.07) is 18.0. The maximum atomic E-state index is 12.3. The summed E-state index contributed by atoms with van der Waals surface area (Å²) >= 11 is 0. The Hall–Kier alpha value is -2.91. The van der Waals surface area contributed by atoms with Gasteiger partial charge in [0, 0.05) is 18.7 Å². The van der Waals surface area contributed by atoms with Crippen molar-refractivity contribution in [2.24, 2.45) is 0 Å². The Labute approximate surface area is 191 Å². The fourth-order valence-corrected chi connectivity index (χ4v) is 3.42. The summed E-state index contributed by atoms with van der Waals surface area (Å²) < 4.78 is 31.7. The highest BCUT2D eigenvalue weighted by molar-refractivity contribution is 5.94. The van der Waals surface area contributed by atoms with Crippen LogP contribution in [0.4, 0.5) is 13.2 Å². The number of carboxylic acids is 1. The average Bonchev–Trinajstić information content (AvgIpc) is 2.79. The number of hydrogen-bond donors (Lipinski definition) is 3. The van der Waals surface area contributed by atoms with E-state index in [2.05, 4.69) is 22.3 Å². The highest BCUT2D eigenvalue weighted by atomic mass is 19.4. The Balaban J connectivity index is 0.000000479. The second kappa shape index (κ2) is 13.0. The standard InChI is InChI=1S/C22H28N2O2.C2HF3O2/c25-21(17-24-13-5-2-6-14-24)16-23-22(26)20-11-9-19(10-12-20)15-18-7-3-1-4-8-18;3-2(4,5)1(6)7/h1,3-4,7-12,21,25H,2,5-6,13-17H2,(H,23,26);(H,6,7). The molecule has 3 N–H and O–H groups in total. The van der Waals surface area contributed by atoms with Crippen LogP contribution in [0.1, 0.15) is 40.7 Å². The lowest BCUT2D eigenvalue weighted by Gasteiger charge is -2.28. The van der Waals surface area contributed by atoms with Gasteiger partial charge in [0.1, 0.15) is 0 Å². The zero-order chi connectivity index (χ0) is 24.3. The van der Waals surface area contributed by atoms with Gasteiger partial charge in [0.25, 0.3) is 5.91 Å². The molecule has 0 saturated carbocycles. The SMILES string of the molecule is O=C(NCC(O)CN1CCCCC1)c1ccc(Cc2ccccc2)cc1.O=C(O)C(F)(F)F. The normalized spacial score (nSPS) is 15.2. The van der Waals surface area contributed by atoms with Crippen molar-refractivity contribution in [1.29, 1.82) is 0 Å². The van der Waals surface area contributed by atoms with Crippen molar-refractivity contribution in [1.82, 2.24) is 10.2 Å². The third kappa shape index (κ3) is 10.0. The number of β-amino-alcohol motifs (C(OH)–C–C–N with tert-alkyl or cyclic N) is 1.